The van der Waals surface area contributed by atoms with E-state index in [0.29, 0.717) is 17.2 Å². The number of esters is 1. The zero-order chi connectivity index (χ0) is 17.5. The number of hydrogen-bond acceptors (Lipinski definition) is 5. The molecule has 0 aliphatic heterocycles. The second-order valence-electron chi connectivity index (χ2n) is 4.97. The minimum atomic E-state index is -0.761. The van der Waals surface area contributed by atoms with Crippen molar-refractivity contribution >= 4 is 17.6 Å². The number of benzene rings is 2. The maximum Gasteiger partial charge on any atom is 0.339 e. The van der Waals surface area contributed by atoms with Crippen molar-refractivity contribution < 1.29 is 23.8 Å². The largest absolute Gasteiger partial charge is 0.497 e. The van der Waals surface area contributed by atoms with E-state index in [-0.39, 0.29) is 11.5 Å². The van der Waals surface area contributed by atoms with Gasteiger partial charge in [0.25, 0.3) is 5.91 Å². The predicted octanol–water partition coefficient (Wildman–Crippen LogP) is 2.89. The van der Waals surface area contributed by atoms with Gasteiger partial charge in [0.1, 0.15) is 11.5 Å². The molecule has 0 aromatic heterocycles. The van der Waals surface area contributed by atoms with Crippen LogP contribution < -0.4 is 14.8 Å². The molecule has 6 heteroatoms. The Hall–Kier alpha value is -3.02. The van der Waals surface area contributed by atoms with Crippen LogP contribution in [-0.4, -0.2) is 32.2 Å². The third kappa shape index (κ3) is 4.25. The number of methoxy groups -OCH3 is 2. The second-order valence-corrected chi connectivity index (χ2v) is 4.97. The highest BCUT2D eigenvalue weighted by Gasteiger charge is 2.18. The number of hydrogen-bond donors (Lipinski definition) is 1. The molecule has 0 fully saturated rings. The topological polar surface area (TPSA) is 73.9 Å². The van der Waals surface area contributed by atoms with Crippen molar-refractivity contribution in [1.29, 1.82) is 0 Å². The second kappa shape index (κ2) is 8.01. The highest BCUT2D eigenvalue weighted by atomic mass is 16.5. The third-order valence-corrected chi connectivity index (χ3v) is 3.31. The summed E-state index contributed by atoms with van der Waals surface area (Å²) >= 11 is 0. The van der Waals surface area contributed by atoms with Crippen molar-refractivity contribution in [2.75, 3.05) is 19.5 Å². The third-order valence-electron chi connectivity index (χ3n) is 3.31. The van der Waals surface area contributed by atoms with Crippen LogP contribution in [0.25, 0.3) is 0 Å². The van der Waals surface area contributed by atoms with Gasteiger partial charge in [-0.2, -0.15) is 0 Å². The Kier molecular flexibility index (Phi) is 5.78. The normalized spacial score (nSPS) is 11.3. The molecule has 0 aliphatic rings. The van der Waals surface area contributed by atoms with Crippen molar-refractivity contribution in [3.05, 3.63) is 54.1 Å². The molecule has 1 amide bonds. The molecule has 2 aromatic rings. The van der Waals surface area contributed by atoms with Gasteiger partial charge in [0, 0.05) is 6.07 Å². The first-order chi connectivity index (χ1) is 11.5. The SMILES string of the molecule is COC(=O)c1ccccc1NC(=O)[C@@H](C)Oc1cccc(OC)c1. The summed E-state index contributed by atoms with van der Waals surface area (Å²) in [5.74, 6) is 0.246. The van der Waals surface area contributed by atoms with Gasteiger partial charge in [0.05, 0.1) is 25.5 Å². The van der Waals surface area contributed by atoms with E-state index in [1.807, 2.05) is 0 Å². The Morgan fingerprint density at radius 1 is 1.00 bits per heavy atom. The van der Waals surface area contributed by atoms with Gasteiger partial charge in [0.2, 0.25) is 0 Å². The van der Waals surface area contributed by atoms with Gasteiger partial charge in [-0.3, -0.25) is 4.79 Å². The van der Waals surface area contributed by atoms with Crippen molar-refractivity contribution in [3.63, 3.8) is 0 Å². The fraction of sp³-hybridized carbons (Fsp3) is 0.222. The smallest absolute Gasteiger partial charge is 0.339 e. The van der Waals surface area contributed by atoms with Crippen LogP contribution in [0.1, 0.15) is 17.3 Å². The number of carbonyl (C=O) groups excluding carboxylic acids is 2. The van der Waals surface area contributed by atoms with E-state index >= 15 is 0 Å². The quantitative estimate of drug-likeness (QED) is 0.825. The Labute approximate surface area is 140 Å². The number of anilines is 1. The van der Waals surface area contributed by atoms with Crippen molar-refractivity contribution in [2.24, 2.45) is 0 Å². The molecule has 1 atom stereocenters. The lowest BCUT2D eigenvalue weighted by molar-refractivity contribution is -0.122. The minimum Gasteiger partial charge on any atom is -0.497 e. The molecule has 126 valence electrons. The van der Waals surface area contributed by atoms with Crippen LogP contribution in [0, 0.1) is 0 Å². The van der Waals surface area contributed by atoms with Crippen LogP contribution in [-0.2, 0) is 9.53 Å². The fourth-order valence-electron chi connectivity index (χ4n) is 2.05. The van der Waals surface area contributed by atoms with Crippen LogP contribution in [0.5, 0.6) is 11.5 Å². The Balaban J connectivity index is 2.08. The van der Waals surface area contributed by atoms with Gasteiger partial charge >= 0.3 is 5.97 Å². The Morgan fingerprint density at radius 2 is 1.71 bits per heavy atom. The van der Waals surface area contributed by atoms with Gasteiger partial charge < -0.3 is 19.5 Å². The van der Waals surface area contributed by atoms with E-state index in [2.05, 4.69) is 5.32 Å². The van der Waals surface area contributed by atoms with Crippen LogP contribution >= 0.6 is 0 Å². The van der Waals surface area contributed by atoms with E-state index in [1.54, 1.807) is 62.6 Å². The summed E-state index contributed by atoms with van der Waals surface area (Å²) in [6.45, 7) is 1.62. The molecule has 0 saturated heterocycles. The lowest BCUT2D eigenvalue weighted by Crippen LogP contribution is -2.30. The molecular formula is C18H19NO5. The van der Waals surface area contributed by atoms with Crippen LogP contribution in [0.2, 0.25) is 0 Å². The lowest BCUT2D eigenvalue weighted by atomic mass is 10.1. The number of ether oxygens (including phenoxy) is 3. The van der Waals surface area contributed by atoms with Gasteiger partial charge in [-0.15, -0.1) is 0 Å². The highest BCUT2D eigenvalue weighted by Crippen LogP contribution is 2.21. The molecule has 0 bridgehead atoms. The molecule has 0 spiro atoms. The van der Waals surface area contributed by atoms with E-state index in [1.165, 1.54) is 7.11 Å². The zero-order valence-corrected chi connectivity index (χ0v) is 13.7. The first-order valence-corrected chi connectivity index (χ1v) is 7.34. The summed E-state index contributed by atoms with van der Waals surface area (Å²) in [5, 5.41) is 2.68. The lowest BCUT2D eigenvalue weighted by Gasteiger charge is -2.16. The molecule has 0 unspecified atom stereocenters. The van der Waals surface area contributed by atoms with E-state index in [0.717, 1.165) is 0 Å². The molecule has 6 nitrogen and oxygen atoms in total. The van der Waals surface area contributed by atoms with E-state index < -0.39 is 12.1 Å². The maximum absolute atomic E-state index is 12.3. The van der Waals surface area contributed by atoms with Crippen LogP contribution in [0.3, 0.4) is 0 Å². The Morgan fingerprint density at radius 3 is 2.42 bits per heavy atom. The maximum atomic E-state index is 12.3. The predicted molar refractivity (Wildman–Crippen MR) is 89.5 cm³/mol. The average molecular weight is 329 g/mol. The molecule has 2 rings (SSSR count). The molecule has 0 radical (unpaired) electrons. The number of rotatable bonds is 6. The molecule has 24 heavy (non-hydrogen) atoms. The van der Waals surface area contributed by atoms with Gasteiger partial charge in [-0.25, -0.2) is 4.79 Å². The summed E-state index contributed by atoms with van der Waals surface area (Å²) < 4.78 is 15.4. The zero-order valence-electron chi connectivity index (χ0n) is 13.7. The summed E-state index contributed by atoms with van der Waals surface area (Å²) in [4.78, 5) is 24.0. The standard InChI is InChI=1S/C18H19NO5/c1-12(24-14-8-6-7-13(11-14)22-2)17(20)19-16-10-5-4-9-15(16)18(21)23-3/h4-12H,1-3H3,(H,19,20)/t12-/m1/s1. The first kappa shape index (κ1) is 17.3. The molecule has 1 N–H and O–H groups in total. The van der Waals surface area contributed by atoms with Gasteiger partial charge in [-0.1, -0.05) is 18.2 Å². The number of carbonyl (C=O) groups is 2. The van der Waals surface area contributed by atoms with Crippen molar-refractivity contribution in [2.45, 2.75) is 13.0 Å². The molecule has 2 aromatic carbocycles. The molecule has 0 aliphatic carbocycles. The van der Waals surface area contributed by atoms with Crippen molar-refractivity contribution in [3.8, 4) is 11.5 Å². The van der Waals surface area contributed by atoms with E-state index in [9.17, 15) is 9.59 Å². The average Bonchev–Trinajstić information content (AvgIpc) is 2.61. The number of nitrogens with one attached hydrogen (secondary N) is 1. The van der Waals surface area contributed by atoms with Crippen LogP contribution in [0.15, 0.2) is 48.5 Å². The van der Waals surface area contributed by atoms with Crippen LogP contribution in [0.4, 0.5) is 5.69 Å². The van der Waals surface area contributed by atoms with Gasteiger partial charge in [0.15, 0.2) is 6.10 Å². The first-order valence-electron chi connectivity index (χ1n) is 7.34. The summed E-state index contributed by atoms with van der Waals surface area (Å²) in [7, 11) is 2.84. The number of amides is 1. The van der Waals surface area contributed by atoms with Crippen molar-refractivity contribution in [1.82, 2.24) is 0 Å². The Bertz CT molecular complexity index is 729. The summed E-state index contributed by atoms with van der Waals surface area (Å²) in [6.07, 6.45) is -0.761. The van der Waals surface area contributed by atoms with Gasteiger partial charge in [-0.05, 0) is 31.2 Å². The molecule has 0 saturated carbocycles. The summed E-state index contributed by atoms with van der Waals surface area (Å²) in [5.41, 5.74) is 0.650. The summed E-state index contributed by atoms with van der Waals surface area (Å²) in [6, 6.07) is 13.6. The molecule has 0 heterocycles. The highest BCUT2D eigenvalue weighted by molar-refractivity contribution is 6.02. The van der Waals surface area contributed by atoms with E-state index in [4.69, 9.17) is 14.2 Å². The minimum absolute atomic E-state index is 0.280. The fourth-order valence-corrected chi connectivity index (χ4v) is 2.05. The molecular weight excluding hydrogens is 310 g/mol. The monoisotopic (exact) mass is 329 g/mol. The number of para-hydroxylation sites is 1.